The number of hydrogen-bond acceptors (Lipinski definition) is 3. The molecule has 0 bridgehead atoms. The molecule has 4 nitrogen and oxygen atoms in total. The van der Waals surface area contributed by atoms with Crippen molar-refractivity contribution >= 4 is 12.0 Å². The van der Waals surface area contributed by atoms with Gasteiger partial charge < -0.3 is 10.1 Å². The summed E-state index contributed by atoms with van der Waals surface area (Å²) in [6.45, 7) is 7.10. The normalized spacial score (nSPS) is 16.4. The highest BCUT2D eigenvalue weighted by Gasteiger charge is 2.09. The maximum absolute atomic E-state index is 11.7. The highest BCUT2D eigenvalue weighted by Crippen LogP contribution is 2.04. The predicted octanol–water partition coefficient (Wildman–Crippen LogP) is 1.46. The van der Waals surface area contributed by atoms with E-state index in [1.54, 1.807) is 6.08 Å². The molecule has 1 aromatic carbocycles. The SMILES string of the molecule is Cc1ccc(C=CC(=O)NCCN2CCOCC2)cc1. The van der Waals surface area contributed by atoms with Gasteiger partial charge in [-0.2, -0.15) is 0 Å². The van der Waals surface area contributed by atoms with E-state index in [4.69, 9.17) is 4.74 Å². The summed E-state index contributed by atoms with van der Waals surface area (Å²) in [5.41, 5.74) is 2.26. The molecule has 1 fully saturated rings. The highest BCUT2D eigenvalue weighted by molar-refractivity contribution is 5.91. The zero-order chi connectivity index (χ0) is 14.2. The van der Waals surface area contributed by atoms with E-state index in [0.29, 0.717) is 6.54 Å². The Hall–Kier alpha value is -1.65. The number of rotatable bonds is 5. The van der Waals surface area contributed by atoms with Crippen LogP contribution in [0.25, 0.3) is 6.08 Å². The lowest BCUT2D eigenvalue weighted by molar-refractivity contribution is -0.116. The van der Waals surface area contributed by atoms with Crippen LogP contribution >= 0.6 is 0 Å². The number of ether oxygens (including phenoxy) is 1. The zero-order valence-electron chi connectivity index (χ0n) is 12.0. The number of amides is 1. The minimum atomic E-state index is -0.0427. The fourth-order valence-electron chi connectivity index (χ4n) is 2.07. The molecule has 1 aromatic rings. The predicted molar refractivity (Wildman–Crippen MR) is 80.5 cm³/mol. The third-order valence-corrected chi connectivity index (χ3v) is 3.34. The maximum atomic E-state index is 11.7. The molecule has 0 saturated carbocycles. The van der Waals surface area contributed by atoms with Crippen LogP contribution in [0.5, 0.6) is 0 Å². The van der Waals surface area contributed by atoms with Gasteiger partial charge >= 0.3 is 0 Å². The van der Waals surface area contributed by atoms with Crippen LogP contribution in [0.1, 0.15) is 11.1 Å². The molecule has 4 heteroatoms. The molecule has 108 valence electrons. The topological polar surface area (TPSA) is 41.6 Å². The van der Waals surface area contributed by atoms with Crippen molar-refractivity contribution in [3.8, 4) is 0 Å². The number of nitrogens with zero attached hydrogens (tertiary/aromatic N) is 1. The molecule has 0 unspecified atom stereocenters. The molecular weight excluding hydrogens is 252 g/mol. The summed E-state index contributed by atoms with van der Waals surface area (Å²) in [7, 11) is 0. The molecule has 1 N–H and O–H groups in total. The first-order valence-corrected chi connectivity index (χ1v) is 7.07. The molecule has 1 saturated heterocycles. The summed E-state index contributed by atoms with van der Waals surface area (Å²) in [4.78, 5) is 14.0. The van der Waals surface area contributed by atoms with Crippen LogP contribution in [0.3, 0.4) is 0 Å². The summed E-state index contributed by atoms with van der Waals surface area (Å²) in [6, 6.07) is 8.09. The van der Waals surface area contributed by atoms with E-state index < -0.39 is 0 Å². The first-order valence-electron chi connectivity index (χ1n) is 7.07. The van der Waals surface area contributed by atoms with Crippen molar-refractivity contribution in [3.63, 3.8) is 0 Å². The van der Waals surface area contributed by atoms with Gasteiger partial charge in [0, 0.05) is 32.3 Å². The monoisotopic (exact) mass is 274 g/mol. The summed E-state index contributed by atoms with van der Waals surface area (Å²) in [5, 5.41) is 2.90. The van der Waals surface area contributed by atoms with E-state index in [-0.39, 0.29) is 5.91 Å². The number of nitrogens with one attached hydrogen (secondary N) is 1. The fraction of sp³-hybridized carbons (Fsp3) is 0.438. The molecule has 1 aliphatic rings. The van der Waals surface area contributed by atoms with Crippen molar-refractivity contribution < 1.29 is 9.53 Å². The van der Waals surface area contributed by atoms with Gasteiger partial charge in [0.15, 0.2) is 0 Å². The summed E-state index contributed by atoms with van der Waals surface area (Å²) in [6.07, 6.45) is 3.42. The van der Waals surface area contributed by atoms with Gasteiger partial charge in [-0.3, -0.25) is 9.69 Å². The summed E-state index contributed by atoms with van der Waals surface area (Å²) < 4.78 is 5.28. The standard InChI is InChI=1S/C16H22N2O2/c1-14-2-4-15(5-3-14)6-7-16(19)17-8-9-18-10-12-20-13-11-18/h2-7H,8-13H2,1H3,(H,17,19). The van der Waals surface area contributed by atoms with Crippen molar-refractivity contribution in [1.29, 1.82) is 0 Å². The number of carbonyl (C=O) groups excluding carboxylic acids is 1. The lowest BCUT2D eigenvalue weighted by Gasteiger charge is -2.26. The van der Waals surface area contributed by atoms with Crippen LogP contribution in [-0.4, -0.2) is 50.2 Å². The molecular formula is C16H22N2O2. The average Bonchev–Trinajstić information content (AvgIpc) is 2.48. The van der Waals surface area contributed by atoms with Gasteiger partial charge in [0.2, 0.25) is 5.91 Å². The summed E-state index contributed by atoms with van der Waals surface area (Å²) in [5.74, 6) is -0.0427. The summed E-state index contributed by atoms with van der Waals surface area (Å²) >= 11 is 0. The van der Waals surface area contributed by atoms with Crippen molar-refractivity contribution in [1.82, 2.24) is 10.2 Å². The van der Waals surface area contributed by atoms with Crippen LogP contribution in [0.2, 0.25) is 0 Å². The van der Waals surface area contributed by atoms with E-state index >= 15 is 0 Å². The largest absolute Gasteiger partial charge is 0.379 e. The van der Waals surface area contributed by atoms with Crippen LogP contribution in [0.4, 0.5) is 0 Å². The van der Waals surface area contributed by atoms with Crippen molar-refractivity contribution in [2.24, 2.45) is 0 Å². The van der Waals surface area contributed by atoms with Crippen LogP contribution < -0.4 is 5.32 Å². The number of aryl methyl sites for hydroxylation is 1. The molecule has 0 atom stereocenters. The van der Waals surface area contributed by atoms with Crippen LogP contribution in [0.15, 0.2) is 30.3 Å². The van der Waals surface area contributed by atoms with E-state index in [2.05, 4.69) is 10.2 Å². The average molecular weight is 274 g/mol. The molecule has 1 aliphatic heterocycles. The number of morpholine rings is 1. The minimum absolute atomic E-state index is 0.0427. The molecule has 0 radical (unpaired) electrons. The Labute approximate surface area is 120 Å². The Morgan fingerprint density at radius 3 is 2.70 bits per heavy atom. The van der Waals surface area contributed by atoms with E-state index in [0.717, 1.165) is 38.4 Å². The van der Waals surface area contributed by atoms with Crippen molar-refractivity contribution in [3.05, 3.63) is 41.5 Å². The maximum Gasteiger partial charge on any atom is 0.244 e. The van der Waals surface area contributed by atoms with E-state index in [1.807, 2.05) is 37.3 Å². The van der Waals surface area contributed by atoms with Crippen molar-refractivity contribution in [2.45, 2.75) is 6.92 Å². The molecule has 1 heterocycles. The lowest BCUT2D eigenvalue weighted by Crippen LogP contribution is -2.41. The van der Waals surface area contributed by atoms with Gasteiger partial charge in [-0.25, -0.2) is 0 Å². The number of carbonyl (C=O) groups is 1. The van der Waals surface area contributed by atoms with Gasteiger partial charge in [0.05, 0.1) is 13.2 Å². The lowest BCUT2D eigenvalue weighted by atomic mass is 10.1. The smallest absolute Gasteiger partial charge is 0.244 e. The molecule has 0 spiro atoms. The van der Waals surface area contributed by atoms with E-state index in [9.17, 15) is 4.79 Å². The van der Waals surface area contributed by atoms with E-state index in [1.165, 1.54) is 5.56 Å². The zero-order valence-corrected chi connectivity index (χ0v) is 12.0. The van der Waals surface area contributed by atoms with Crippen LogP contribution in [-0.2, 0) is 9.53 Å². The minimum Gasteiger partial charge on any atom is -0.379 e. The Balaban J connectivity index is 1.68. The third kappa shape index (κ3) is 5.15. The second-order valence-electron chi connectivity index (χ2n) is 4.99. The Bertz CT molecular complexity index is 448. The quantitative estimate of drug-likeness (QED) is 0.827. The molecule has 0 aromatic heterocycles. The molecule has 0 aliphatic carbocycles. The van der Waals surface area contributed by atoms with Gasteiger partial charge in [0.25, 0.3) is 0 Å². The Kier molecular flexibility index (Phi) is 5.77. The van der Waals surface area contributed by atoms with Crippen molar-refractivity contribution in [2.75, 3.05) is 39.4 Å². The second-order valence-corrected chi connectivity index (χ2v) is 4.99. The highest BCUT2D eigenvalue weighted by atomic mass is 16.5. The molecule has 1 amide bonds. The number of benzene rings is 1. The third-order valence-electron chi connectivity index (χ3n) is 3.34. The van der Waals surface area contributed by atoms with Gasteiger partial charge in [-0.1, -0.05) is 29.8 Å². The first-order chi connectivity index (χ1) is 9.74. The Morgan fingerprint density at radius 2 is 2.00 bits per heavy atom. The van der Waals surface area contributed by atoms with Gasteiger partial charge in [-0.15, -0.1) is 0 Å². The first kappa shape index (κ1) is 14.8. The fourth-order valence-corrected chi connectivity index (χ4v) is 2.07. The number of hydrogen-bond donors (Lipinski definition) is 1. The molecule has 2 rings (SSSR count). The molecule has 20 heavy (non-hydrogen) atoms. The van der Waals surface area contributed by atoms with Gasteiger partial charge in [-0.05, 0) is 18.6 Å². The second kappa shape index (κ2) is 7.82. The Morgan fingerprint density at radius 1 is 1.30 bits per heavy atom. The van der Waals surface area contributed by atoms with Gasteiger partial charge in [0.1, 0.15) is 0 Å². The van der Waals surface area contributed by atoms with Crippen LogP contribution in [0, 0.1) is 6.92 Å².